The Morgan fingerprint density at radius 2 is 1.23 bits per heavy atom. The van der Waals surface area contributed by atoms with Gasteiger partial charge in [-0.2, -0.15) is 0 Å². The molecule has 0 fully saturated rings. The fourth-order valence-corrected chi connectivity index (χ4v) is 3.17. The number of nitrogens with zero attached hydrogens (tertiary/aromatic N) is 4. The van der Waals surface area contributed by atoms with Crippen molar-refractivity contribution in [3.05, 3.63) is 83.1 Å². The second-order valence-corrected chi connectivity index (χ2v) is 8.90. The van der Waals surface area contributed by atoms with Crippen molar-refractivity contribution in [2.45, 2.75) is 54.3 Å². The van der Waals surface area contributed by atoms with E-state index in [1.165, 1.54) is 0 Å². The number of hydrogen-bond acceptors (Lipinski definition) is 5. The summed E-state index contributed by atoms with van der Waals surface area (Å²) < 4.78 is 0. The van der Waals surface area contributed by atoms with Crippen molar-refractivity contribution in [1.82, 2.24) is 19.9 Å². The van der Waals surface area contributed by atoms with Gasteiger partial charge in [-0.05, 0) is 50.2 Å². The molecule has 3 aromatic rings. The summed E-state index contributed by atoms with van der Waals surface area (Å²) in [7, 11) is 0. The van der Waals surface area contributed by atoms with Gasteiger partial charge in [0.2, 0.25) is 5.91 Å². The van der Waals surface area contributed by atoms with E-state index in [1.54, 1.807) is 0 Å². The summed E-state index contributed by atoms with van der Waals surface area (Å²) in [6.07, 6.45) is 0. The van der Waals surface area contributed by atoms with E-state index in [9.17, 15) is 4.79 Å². The molecule has 0 bridgehead atoms. The van der Waals surface area contributed by atoms with E-state index < -0.39 is 5.41 Å². The molecule has 0 saturated carbocycles. The number of aryl methyl sites for hydroxylation is 2. The van der Waals surface area contributed by atoms with Crippen LogP contribution in [0.15, 0.2) is 54.6 Å². The van der Waals surface area contributed by atoms with Crippen molar-refractivity contribution in [2.75, 3.05) is 5.32 Å². The molecular weight excluding hydrogens is 386 g/mol. The van der Waals surface area contributed by atoms with Gasteiger partial charge in [-0.15, -0.1) is 0 Å². The number of carbonyl (C=O) groups is 1. The van der Waals surface area contributed by atoms with Gasteiger partial charge in [-0.1, -0.05) is 39.0 Å². The molecule has 0 aliphatic heterocycles. The first kappa shape index (κ1) is 22.6. The number of rotatable bonds is 7. The van der Waals surface area contributed by atoms with Crippen LogP contribution in [-0.2, 0) is 24.4 Å². The molecule has 0 aliphatic carbocycles. The maximum atomic E-state index is 12.3. The molecule has 0 aliphatic rings. The largest absolute Gasteiger partial charge is 0.310 e. The van der Waals surface area contributed by atoms with E-state index >= 15 is 0 Å². The molecule has 3 heterocycles. The Morgan fingerprint density at radius 3 is 1.68 bits per heavy atom. The Bertz CT molecular complexity index is 994. The van der Waals surface area contributed by atoms with Gasteiger partial charge >= 0.3 is 0 Å². The van der Waals surface area contributed by atoms with Crippen LogP contribution in [0.2, 0.25) is 0 Å². The zero-order valence-electron chi connectivity index (χ0n) is 19.0. The molecule has 0 spiro atoms. The van der Waals surface area contributed by atoms with Crippen LogP contribution >= 0.6 is 0 Å². The maximum Gasteiger partial charge on any atom is 0.230 e. The number of nitrogens with one attached hydrogen (secondary N) is 1. The SMILES string of the molecule is Cc1cccc(CN(Cc2cccc(C)n2)Cc2cccc(NC(=O)C(C)(C)C)n2)n1. The lowest BCUT2D eigenvalue weighted by molar-refractivity contribution is -0.123. The molecule has 0 saturated heterocycles. The first-order valence-corrected chi connectivity index (χ1v) is 10.5. The minimum absolute atomic E-state index is 0.0538. The molecule has 0 aromatic carbocycles. The van der Waals surface area contributed by atoms with Crippen molar-refractivity contribution < 1.29 is 4.79 Å². The zero-order chi connectivity index (χ0) is 22.4. The van der Waals surface area contributed by atoms with Crippen molar-refractivity contribution >= 4 is 11.7 Å². The summed E-state index contributed by atoms with van der Waals surface area (Å²) in [6, 6.07) is 17.9. The zero-order valence-corrected chi connectivity index (χ0v) is 19.0. The minimum atomic E-state index is -0.475. The summed E-state index contributed by atoms with van der Waals surface area (Å²) >= 11 is 0. The maximum absolute atomic E-state index is 12.3. The highest BCUT2D eigenvalue weighted by atomic mass is 16.2. The topological polar surface area (TPSA) is 71.0 Å². The number of anilines is 1. The van der Waals surface area contributed by atoms with Gasteiger partial charge in [-0.3, -0.25) is 19.7 Å². The monoisotopic (exact) mass is 417 g/mol. The molecule has 3 rings (SSSR count). The van der Waals surface area contributed by atoms with Gasteiger partial charge in [0.25, 0.3) is 0 Å². The van der Waals surface area contributed by atoms with E-state index in [-0.39, 0.29) is 5.91 Å². The molecule has 6 heteroatoms. The van der Waals surface area contributed by atoms with Crippen molar-refractivity contribution in [2.24, 2.45) is 5.41 Å². The van der Waals surface area contributed by atoms with Crippen LogP contribution in [0.1, 0.15) is 49.2 Å². The van der Waals surface area contributed by atoms with Crippen molar-refractivity contribution in [1.29, 1.82) is 0 Å². The number of aromatic nitrogens is 3. The Balaban J connectivity index is 1.80. The van der Waals surface area contributed by atoms with Gasteiger partial charge in [-0.25, -0.2) is 4.98 Å². The third kappa shape index (κ3) is 6.96. The highest BCUT2D eigenvalue weighted by Gasteiger charge is 2.21. The Morgan fingerprint density at radius 1 is 0.774 bits per heavy atom. The van der Waals surface area contributed by atoms with Crippen LogP contribution in [0.3, 0.4) is 0 Å². The van der Waals surface area contributed by atoms with Crippen LogP contribution in [-0.4, -0.2) is 25.8 Å². The fraction of sp³-hybridized carbons (Fsp3) is 0.360. The molecule has 162 valence electrons. The minimum Gasteiger partial charge on any atom is -0.310 e. The summed E-state index contributed by atoms with van der Waals surface area (Å²) in [5, 5.41) is 2.92. The lowest BCUT2D eigenvalue weighted by Gasteiger charge is -2.22. The average Bonchev–Trinajstić information content (AvgIpc) is 2.67. The first-order valence-electron chi connectivity index (χ1n) is 10.5. The average molecular weight is 418 g/mol. The molecule has 1 amide bonds. The summed E-state index contributed by atoms with van der Waals surface area (Å²) in [6.45, 7) is 11.6. The lowest BCUT2D eigenvalue weighted by Crippen LogP contribution is -2.28. The second-order valence-electron chi connectivity index (χ2n) is 8.90. The van der Waals surface area contributed by atoms with Crippen molar-refractivity contribution in [3.63, 3.8) is 0 Å². The molecule has 0 unspecified atom stereocenters. The predicted octanol–water partition coefficient (Wildman–Crippen LogP) is 4.68. The molecule has 3 aromatic heterocycles. The number of pyridine rings is 3. The van der Waals surface area contributed by atoms with Gasteiger partial charge in [0.05, 0.1) is 17.1 Å². The van der Waals surface area contributed by atoms with Gasteiger partial charge < -0.3 is 5.32 Å². The highest BCUT2D eigenvalue weighted by molar-refractivity contribution is 5.93. The smallest absolute Gasteiger partial charge is 0.230 e. The second kappa shape index (κ2) is 9.79. The van der Waals surface area contributed by atoms with E-state index in [2.05, 4.69) is 25.2 Å². The Kier molecular flexibility index (Phi) is 7.13. The molecule has 0 atom stereocenters. The van der Waals surface area contributed by atoms with Crippen LogP contribution in [0.4, 0.5) is 5.82 Å². The van der Waals surface area contributed by atoms with E-state index in [4.69, 9.17) is 0 Å². The van der Waals surface area contributed by atoms with Crippen molar-refractivity contribution in [3.8, 4) is 0 Å². The normalized spacial score (nSPS) is 11.5. The van der Waals surface area contributed by atoms with Gasteiger partial charge in [0, 0.05) is 36.4 Å². The van der Waals surface area contributed by atoms with E-state index in [0.717, 1.165) is 28.5 Å². The fourth-order valence-electron chi connectivity index (χ4n) is 3.17. The van der Waals surface area contributed by atoms with Crippen LogP contribution in [0.25, 0.3) is 0 Å². The van der Waals surface area contributed by atoms with E-state index in [0.29, 0.717) is 25.5 Å². The van der Waals surface area contributed by atoms with E-state index in [1.807, 2.05) is 89.2 Å². The Labute approximate surface area is 184 Å². The number of hydrogen-bond donors (Lipinski definition) is 1. The van der Waals surface area contributed by atoms with Gasteiger partial charge in [0.1, 0.15) is 5.82 Å². The third-order valence-corrected chi connectivity index (χ3v) is 4.78. The predicted molar refractivity (Wildman–Crippen MR) is 123 cm³/mol. The highest BCUT2D eigenvalue weighted by Crippen LogP contribution is 2.18. The Hall–Kier alpha value is -3.12. The molecule has 31 heavy (non-hydrogen) atoms. The molecule has 1 N–H and O–H groups in total. The molecule has 0 radical (unpaired) electrons. The standard InChI is InChI=1S/C25H31N5O/c1-18-9-6-11-20(26-18)15-30(16-21-12-7-10-19(2)27-21)17-22-13-8-14-23(28-22)29-24(31)25(3,4)5/h6-14H,15-17H2,1-5H3,(H,28,29,31). The summed E-state index contributed by atoms with van der Waals surface area (Å²) in [4.78, 5) is 28.6. The number of amides is 1. The van der Waals surface area contributed by atoms with Crippen LogP contribution in [0, 0.1) is 19.3 Å². The molecular formula is C25H31N5O. The molecule has 6 nitrogen and oxygen atoms in total. The van der Waals surface area contributed by atoms with Crippen LogP contribution < -0.4 is 5.32 Å². The quantitative estimate of drug-likeness (QED) is 0.605. The summed E-state index contributed by atoms with van der Waals surface area (Å²) in [5.41, 5.74) is 4.41. The third-order valence-electron chi connectivity index (χ3n) is 4.78. The first-order chi connectivity index (χ1) is 14.7. The number of carbonyl (C=O) groups excluding carboxylic acids is 1. The van der Waals surface area contributed by atoms with Crippen LogP contribution in [0.5, 0.6) is 0 Å². The van der Waals surface area contributed by atoms with Gasteiger partial charge in [0.15, 0.2) is 0 Å². The lowest BCUT2D eigenvalue weighted by atomic mass is 9.96. The summed E-state index contributed by atoms with van der Waals surface area (Å²) in [5.74, 6) is 0.515.